The van der Waals surface area contributed by atoms with E-state index in [1.54, 1.807) is 0 Å². The summed E-state index contributed by atoms with van der Waals surface area (Å²) in [5, 5.41) is 3.40. The molecule has 0 radical (unpaired) electrons. The van der Waals surface area contributed by atoms with Crippen LogP contribution in [-0.2, 0) is 11.8 Å². The first kappa shape index (κ1) is 13.2. The summed E-state index contributed by atoms with van der Waals surface area (Å²) in [7, 11) is 0. The molecule has 1 heteroatoms. The molecule has 0 aromatic heterocycles. The molecule has 0 bridgehead atoms. The Balaban J connectivity index is 2.65. The Kier molecular flexibility index (Phi) is 5.01. The van der Waals surface area contributed by atoms with Crippen LogP contribution in [0.15, 0.2) is 24.3 Å². The average Bonchev–Trinajstić information content (AvgIpc) is 2.29. The summed E-state index contributed by atoms with van der Waals surface area (Å²) in [6, 6.07) is 9.07. The zero-order chi connectivity index (χ0) is 12.0. The highest BCUT2D eigenvalue weighted by atomic mass is 14.8. The number of hydrogen-bond acceptors (Lipinski definition) is 1. The topological polar surface area (TPSA) is 12.0 Å². The Morgan fingerprint density at radius 3 is 2.19 bits per heavy atom. The molecule has 0 saturated carbocycles. The fourth-order valence-electron chi connectivity index (χ4n) is 1.91. The number of benzene rings is 1. The minimum Gasteiger partial charge on any atom is -0.317 e. The first-order chi connectivity index (χ1) is 7.60. The molecule has 90 valence electrons. The van der Waals surface area contributed by atoms with E-state index in [4.69, 9.17) is 0 Å². The van der Waals surface area contributed by atoms with E-state index in [0.717, 1.165) is 19.5 Å². The van der Waals surface area contributed by atoms with Gasteiger partial charge in [-0.3, -0.25) is 0 Å². The molecule has 0 spiro atoms. The van der Waals surface area contributed by atoms with Crippen molar-refractivity contribution in [2.75, 3.05) is 13.1 Å². The third-order valence-electron chi connectivity index (χ3n) is 3.32. The minimum absolute atomic E-state index is 0.272. The lowest BCUT2D eigenvalue weighted by Gasteiger charge is -2.25. The Bertz CT molecular complexity index is 298. The Hall–Kier alpha value is -0.820. The van der Waals surface area contributed by atoms with Crippen molar-refractivity contribution in [3.05, 3.63) is 35.4 Å². The molecule has 16 heavy (non-hydrogen) atoms. The van der Waals surface area contributed by atoms with Gasteiger partial charge in [0.25, 0.3) is 0 Å². The van der Waals surface area contributed by atoms with Crippen LogP contribution in [0.2, 0.25) is 0 Å². The minimum atomic E-state index is 0.272. The molecule has 0 saturated heterocycles. The summed E-state index contributed by atoms with van der Waals surface area (Å²) in [4.78, 5) is 0. The standard InChI is InChI=1S/C15H25N/c1-5-13-7-9-14(10-8-13)15(3,4)11-12-16-6-2/h7-10,16H,5-6,11-12H2,1-4H3. The zero-order valence-corrected chi connectivity index (χ0v) is 11.1. The molecule has 0 aliphatic heterocycles. The largest absolute Gasteiger partial charge is 0.317 e. The number of nitrogens with one attached hydrogen (secondary N) is 1. The van der Waals surface area contributed by atoms with Crippen LogP contribution < -0.4 is 5.32 Å². The van der Waals surface area contributed by atoms with Crippen LogP contribution in [0.3, 0.4) is 0 Å². The van der Waals surface area contributed by atoms with Crippen LogP contribution in [-0.4, -0.2) is 13.1 Å². The molecular weight excluding hydrogens is 194 g/mol. The van der Waals surface area contributed by atoms with E-state index in [9.17, 15) is 0 Å². The quantitative estimate of drug-likeness (QED) is 0.722. The van der Waals surface area contributed by atoms with Gasteiger partial charge in [-0.1, -0.05) is 52.0 Å². The van der Waals surface area contributed by atoms with Gasteiger partial charge in [0.15, 0.2) is 0 Å². The van der Waals surface area contributed by atoms with E-state index in [0.29, 0.717) is 0 Å². The number of hydrogen-bond donors (Lipinski definition) is 1. The highest BCUT2D eigenvalue weighted by molar-refractivity contribution is 5.28. The van der Waals surface area contributed by atoms with Gasteiger partial charge in [-0.2, -0.15) is 0 Å². The van der Waals surface area contributed by atoms with Crippen LogP contribution in [0.1, 0.15) is 45.2 Å². The van der Waals surface area contributed by atoms with Crippen molar-refractivity contribution in [1.82, 2.24) is 5.32 Å². The molecule has 0 fully saturated rings. The first-order valence-electron chi connectivity index (χ1n) is 6.40. The predicted molar refractivity (Wildman–Crippen MR) is 72.0 cm³/mol. The molecular formula is C15H25N. The maximum Gasteiger partial charge on any atom is -0.00407 e. The van der Waals surface area contributed by atoms with Gasteiger partial charge in [0.1, 0.15) is 0 Å². The highest BCUT2D eigenvalue weighted by Gasteiger charge is 2.19. The van der Waals surface area contributed by atoms with Crippen molar-refractivity contribution < 1.29 is 0 Å². The molecule has 0 aliphatic rings. The zero-order valence-electron chi connectivity index (χ0n) is 11.1. The molecule has 0 atom stereocenters. The molecule has 0 unspecified atom stereocenters. The molecule has 1 aromatic carbocycles. The third-order valence-corrected chi connectivity index (χ3v) is 3.32. The van der Waals surface area contributed by atoms with Crippen molar-refractivity contribution >= 4 is 0 Å². The van der Waals surface area contributed by atoms with Crippen molar-refractivity contribution in [1.29, 1.82) is 0 Å². The summed E-state index contributed by atoms with van der Waals surface area (Å²) in [6.07, 6.45) is 2.31. The second kappa shape index (κ2) is 6.05. The maximum absolute atomic E-state index is 3.40. The van der Waals surface area contributed by atoms with Crippen LogP contribution in [0.25, 0.3) is 0 Å². The van der Waals surface area contributed by atoms with Gasteiger partial charge in [-0.25, -0.2) is 0 Å². The monoisotopic (exact) mass is 219 g/mol. The van der Waals surface area contributed by atoms with Gasteiger partial charge in [-0.05, 0) is 42.5 Å². The van der Waals surface area contributed by atoms with E-state index in [1.165, 1.54) is 17.5 Å². The molecule has 1 aromatic rings. The summed E-state index contributed by atoms with van der Waals surface area (Å²) in [6.45, 7) is 11.2. The predicted octanol–water partition coefficient (Wildman–Crippen LogP) is 3.53. The molecule has 0 aliphatic carbocycles. The van der Waals surface area contributed by atoms with Gasteiger partial charge < -0.3 is 5.32 Å². The van der Waals surface area contributed by atoms with Crippen molar-refractivity contribution in [2.24, 2.45) is 0 Å². The van der Waals surface area contributed by atoms with E-state index in [1.807, 2.05) is 0 Å². The summed E-state index contributed by atoms with van der Waals surface area (Å²) >= 11 is 0. The summed E-state index contributed by atoms with van der Waals surface area (Å²) < 4.78 is 0. The lowest BCUT2D eigenvalue weighted by Crippen LogP contribution is -2.25. The number of rotatable bonds is 6. The van der Waals surface area contributed by atoms with Gasteiger partial charge in [0.05, 0.1) is 0 Å². The van der Waals surface area contributed by atoms with Gasteiger partial charge in [-0.15, -0.1) is 0 Å². The molecule has 1 nitrogen and oxygen atoms in total. The van der Waals surface area contributed by atoms with Crippen LogP contribution in [0.4, 0.5) is 0 Å². The van der Waals surface area contributed by atoms with E-state index in [-0.39, 0.29) is 5.41 Å². The fourth-order valence-corrected chi connectivity index (χ4v) is 1.91. The van der Waals surface area contributed by atoms with Crippen LogP contribution >= 0.6 is 0 Å². The van der Waals surface area contributed by atoms with Gasteiger partial charge >= 0.3 is 0 Å². The molecule has 1 rings (SSSR count). The van der Waals surface area contributed by atoms with Gasteiger partial charge in [0.2, 0.25) is 0 Å². The van der Waals surface area contributed by atoms with Crippen LogP contribution in [0, 0.1) is 0 Å². The number of aryl methyl sites for hydroxylation is 1. The summed E-state index contributed by atoms with van der Waals surface area (Å²) in [5.41, 5.74) is 3.14. The lowest BCUT2D eigenvalue weighted by atomic mass is 9.81. The van der Waals surface area contributed by atoms with Crippen molar-refractivity contribution in [3.63, 3.8) is 0 Å². The van der Waals surface area contributed by atoms with E-state index >= 15 is 0 Å². The molecule has 0 heterocycles. The smallest absolute Gasteiger partial charge is 0.00407 e. The first-order valence-corrected chi connectivity index (χ1v) is 6.40. The fraction of sp³-hybridized carbons (Fsp3) is 0.600. The Morgan fingerprint density at radius 2 is 1.69 bits per heavy atom. The van der Waals surface area contributed by atoms with E-state index in [2.05, 4.69) is 57.3 Å². The van der Waals surface area contributed by atoms with Crippen molar-refractivity contribution in [3.8, 4) is 0 Å². The SMILES string of the molecule is CCNCCC(C)(C)c1ccc(CC)cc1. The average molecular weight is 219 g/mol. The highest BCUT2D eigenvalue weighted by Crippen LogP contribution is 2.26. The normalized spacial score (nSPS) is 11.8. The second-order valence-electron chi connectivity index (χ2n) is 5.04. The van der Waals surface area contributed by atoms with Gasteiger partial charge in [0, 0.05) is 0 Å². The Morgan fingerprint density at radius 1 is 1.06 bits per heavy atom. The maximum atomic E-state index is 3.40. The van der Waals surface area contributed by atoms with E-state index < -0.39 is 0 Å². The lowest BCUT2D eigenvalue weighted by molar-refractivity contribution is 0.461. The Labute approximate surface area is 100 Å². The molecule has 0 amide bonds. The molecule has 1 N–H and O–H groups in total. The second-order valence-corrected chi connectivity index (χ2v) is 5.04. The van der Waals surface area contributed by atoms with Crippen molar-refractivity contribution in [2.45, 2.75) is 46.0 Å². The third kappa shape index (κ3) is 3.64. The summed E-state index contributed by atoms with van der Waals surface area (Å²) in [5.74, 6) is 0. The van der Waals surface area contributed by atoms with Crippen LogP contribution in [0.5, 0.6) is 0 Å².